The second-order valence-corrected chi connectivity index (χ2v) is 6.32. The van der Waals surface area contributed by atoms with Gasteiger partial charge in [0.15, 0.2) is 0 Å². The van der Waals surface area contributed by atoms with Crippen LogP contribution < -0.4 is 5.32 Å². The standard InChI is InChI=1S/C14H18N4OS/c1-9(2)14-17-11(8-20-14)13(19)16-10-3-4-12-15-5-6-18(12)7-10/h5-6,8-10H,3-4,7H2,1-2H3,(H,16,19)/t10-/m1/s1. The smallest absolute Gasteiger partial charge is 0.271 e. The van der Waals surface area contributed by atoms with Crippen molar-refractivity contribution in [3.05, 3.63) is 34.3 Å². The molecule has 0 unspecified atom stereocenters. The number of hydrogen-bond acceptors (Lipinski definition) is 4. The number of amides is 1. The monoisotopic (exact) mass is 290 g/mol. The topological polar surface area (TPSA) is 59.8 Å². The molecule has 1 atom stereocenters. The first kappa shape index (κ1) is 13.3. The summed E-state index contributed by atoms with van der Waals surface area (Å²) in [7, 11) is 0. The minimum atomic E-state index is -0.0679. The highest BCUT2D eigenvalue weighted by Gasteiger charge is 2.22. The summed E-state index contributed by atoms with van der Waals surface area (Å²) >= 11 is 1.55. The molecule has 1 aliphatic heterocycles. The minimum absolute atomic E-state index is 0.0679. The maximum absolute atomic E-state index is 12.2. The summed E-state index contributed by atoms with van der Waals surface area (Å²) in [5, 5.41) is 5.93. The van der Waals surface area contributed by atoms with Gasteiger partial charge in [-0.2, -0.15) is 0 Å². The first-order valence-electron chi connectivity index (χ1n) is 6.90. The zero-order chi connectivity index (χ0) is 14.1. The summed E-state index contributed by atoms with van der Waals surface area (Å²) in [6, 6.07) is 0.161. The van der Waals surface area contributed by atoms with Crippen LogP contribution in [-0.2, 0) is 13.0 Å². The normalized spacial score (nSPS) is 18.1. The van der Waals surface area contributed by atoms with Gasteiger partial charge < -0.3 is 9.88 Å². The summed E-state index contributed by atoms with van der Waals surface area (Å²) in [5.74, 6) is 1.40. The fourth-order valence-electron chi connectivity index (χ4n) is 2.40. The van der Waals surface area contributed by atoms with E-state index in [4.69, 9.17) is 0 Å². The maximum atomic E-state index is 12.2. The number of aryl methyl sites for hydroxylation is 1. The Morgan fingerprint density at radius 3 is 3.15 bits per heavy atom. The first-order valence-corrected chi connectivity index (χ1v) is 7.77. The van der Waals surface area contributed by atoms with Crippen molar-refractivity contribution in [2.24, 2.45) is 0 Å². The highest BCUT2D eigenvalue weighted by atomic mass is 32.1. The van der Waals surface area contributed by atoms with Gasteiger partial charge in [0.1, 0.15) is 11.5 Å². The molecule has 6 heteroatoms. The Labute approximate surface area is 122 Å². The van der Waals surface area contributed by atoms with Crippen LogP contribution in [0.3, 0.4) is 0 Å². The van der Waals surface area contributed by atoms with Crippen molar-refractivity contribution in [1.82, 2.24) is 19.9 Å². The molecule has 3 heterocycles. The van der Waals surface area contributed by atoms with Gasteiger partial charge in [-0.05, 0) is 6.42 Å². The molecule has 0 bridgehead atoms. The van der Waals surface area contributed by atoms with Crippen molar-refractivity contribution in [2.45, 2.75) is 45.2 Å². The molecule has 1 N–H and O–H groups in total. The highest BCUT2D eigenvalue weighted by Crippen LogP contribution is 2.19. The molecule has 0 saturated carbocycles. The molecule has 0 radical (unpaired) electrons. The Balaban J connectivity index is 1.64. The summed E-state index contributed by atoms with van der Waals surface area (Å²) in [6.07, 6.45) is 5.62. The number of aromatic nitrogens is 3. The molecule has 0 spiro atoms. The lowest BCUT2D eigenvalue weighted by Gasteiger charge is -2.24. The fraction of sp³-hybridized carbons (Fsp3) is 0.500. The van der Waals surface area contributed by atoms with Crippen LogP contribution in [0.1, 0.15) is 47.5 Å². The molecule has 0 aromatic carbocycles. The molecule has 1 amide bonds. The second-order valence-electron chi connectivity index (χ2n) is 5.43. The summed E-state index contributed by atoms with van der Waals surface area (Å²) < 4.78 is 2.11. The van der Waals surface area contributed by atoms with Crippen molar-refractivity contribution in [1.29, 1.82) is 0 Å². The number of nitrogens with one attached hydrogen (secondary N) is 1. The van der Waals surface area contributed by atoms with E-state index in [2.05, 4.69) is 33.7 Å². The van der Waals surface area contributed by atoms with Crippen LogP contribution in [0.15, 0.2) is 17.8 Å². The van der Waals surface area contributed by atoms with E-state index in [0.29, 0.717) is 11.6 Å². The average Bonchev–Trinajstić information content (AvgIpc) is 3.07. The molecule has 5 nitrogen and oxygen atoms in total. The molecular formula is C14H18N4OS. The van der Waals surface area contributed by atoms with E-state index in [1.54, 1.807) is 11.3 Å². The zero-order valence-electron chi connectivity index (χ0n) is 11.7. The lowest BCUT2D eigenvalue weighted by atomic mass is 10.1. The molecule has 20 heavy (non-hydrogen) atoms. The molecule has 3 rings (SSSR count). The maximum Gasteiger partial charge on any atom is 0.271 e. The Morgan fingerprint density at radius 1 is 1.55 bits per heavy atom. The van der Waals surface area contributed by atoms with Crippen molar-refractivity contribution in [3.8, 4) is 0 Å². The van der Waals surface area contributed by atoms with Gasteiger partial charge in [0.25, 0.3) is 5.91 Å². The lowest BCUT2D eigenvalue weighted by molar-refractivity contribution is 0.0923. The average molecular weight is 290 g/mol. The minimum Gasteiger partial charge on any atom is -0.346 e. The van der Waals surface area contributed by atoms with Gasteiger partial charge >= 0.3 is 0 Å². The number of carbonyl (C=O) groups is 1. The van der Waals surface area contributed by atoms with E-state index in [0.717, 1.165) is 30.2 Å². The number of carbonyl (C=O) groups excluding carboxylic acids is 1. The van der Waals surface area contributed by atoms with E-state index in [-0.39, 0.29) is 11.9 Å². The van der Waals surface area contributed by atoms with Gasteiger partial charge in [-0.3, -0.25) is 4.79 Å². The Hall–Kier alpha value is -1.69. The molecule has 2 aromatic heterocycles. The van der Waals surface area contributed by atoms with Crippen molar-refractivity contribution < 1.29 is 4.79 Å². The van der Waals surface area contributed by atoms with Gasteiger partial charge in [0.05, 0.1) is 5.01 Å². The fourth-order valence-corrected chi connectivity index (χ4v) is 3.22. The predicted octanol–water partition coefficient (Wildman–Crippen LogP) is 2.21. The van der Waals surface area contributed by atoms with E-state index in [1.807, 2.05) is 17.8 Å². The number of rotatable bonds is 3. The zero-order valence-corrected chi connectivity index (χ0v) is 12.5. The number of nitrogens with zero attached hydrogens (tertiary/aromatic N) is 3. The van der Waals surface area contributed by atoms with Crippen LogP contribution in [0.2, 0.25) is 0 Å². The molecule has 2 aromatic rings. The van der Waals surface area contributed by atoms with Gasteiger partial charge in [-0.25, -0.2) is 9.97 Å². The van der Waals surface area contributed by atoms with Crippen molar-refractivity contribution in [3.63, 3.8) is 0 Å². The van der Waals surface area contributed by atoms with Crippen molar-refractivity contribution >= 4 is 17.2 Å². The number of thiazole rings is 1. The lowest BCUT2D eigenvalue weighted by Crippen LogP contribution is -2.41. The van der Waals surface area contributed by atoms with Gasteiger partial charge in [-0.15, -0.1) is 11.3 Å². The van der Waals surface area contributed by atoms with Gasteiger partial charge in [0, 0.05) is 42.7 Å². The summed E-state index contributed by atoms with van der Waals surface area (Å²) in [6.45, 7) is 4.96. The third-order valence-corrected chi connectivity index (χ3v) is 4.66. The third kappa shape index (κ3) is 2.60. The summed E-state index contributed by atoms with van der Waals surface area (Å²) in [5.41, 5.74) is 0.537. The van der Waals surface area contributed by atoms with Crippen molar-refractivity contribution in [2.75, 3.05) is 0 Å². The van der Waals surface area contributed by atoms with Crippen LogP contribution in [0.5, 0.6) is 0 Å². The van der Waals surface area contributed by atoms with Crippen LogP contribution >= 0.6 is 11.3 Å². The van der Waals surface area contributed by atoms with E-state index < -0.39 is 0 Å². The highest BCUT2D eigenvalue weighted by molar-refractivity contribution is 7.09. The van der Waals surface area contributed by atoms with Crippen LogP contribution in [0.25, 0.3) is 0 Å². The quantitative estimate of drug-likeness (QED) is 0.943. The first-order chi connectivity index (χ1) is 9.63. The Bertz CT molecular complexity index is 616. The SMILES string of the molecule is CC(C)c1nc(C(=O)N[C@@H]2CCc3nccn3C2)cs1. The predicted molar refractivity (Wildman–Crippen MR) is 78.0 cm³/mol. The van der Waals surface area contributed by atoms with Crippen LogP contribution in [-0.4, -0.2) is 26.5 Å². The van der Waals surface area contributed by atoms with Gasteiger partial charge in [0.2, 0.25) is 0 Å². The van der Waals surface area contributed by atoms with Crippen LogP contribution in [0, 0.1) is 0 Å². The van der Waals surface area contributed by atoms with Gasteiger partial charge in [-0.1, -0.05) is 13.8 Å². The molecule has 0 fully saturated rings. The largest absolute Gasteiger partial charge is 0.346 e. The number of hydrogen-bond donors (Lipinski definition) is 1. The second kappa shape index (κ2) is 5.36. The van der Waals surface area contributed by atoms with E-state index in [1.165, 1.54) is 0 Å². The van der Waals surface area contributed by atoms with Crippen LogP contribution in [0.4, 0.5) is 0 Å². The molecule has 106 valence electrons. The third-order valence-electron chi connectivity index (χ3n) is 3.52. The number of imidazole rings is 1. The number of fused-ring (bicyclic) bond motifs is 1. The Kier molecular flexibility index (Phi) is 3.56. The molecular weight excluding hydrogens is 272 g/mol. The molecule has 0 saturated heterocycles. The summed E-state index contributed by atoms with van der Waals surface area (Å²) in [4.78, 5) is 20.9. The molecule has 1 aliphatic rings. The van der Waals surface area contributed by atoms with E-state index >= 15 is 0 Å². The Morgan fingerprint density at radius 2 is 2.40 bits per heavy atom. The van der Waals surface area contributed by atoms with E-state index in [9.17, 15) is 4.79 Å². The molecule has 0 aliphatic carbocycles.